The summed E-state index contributed by atoms with van der Waals surface area (Å²) in [6.45, 7) is 7.86. The molecule has 1 aromatic carbocycles. The summed E-state index contributed by atoms with van der Waals surface area (Å²) in [5.74, 6) is 1.38. The minimum Gasteiger partial charge on any atom is -0.493 e. The van der Waals surface area contributed by atoms with Crippen molar-refractivity contribution >= 4 is 11.4 Å². The third kappa shape index (κ3) is 5.44. The molecular weight excluding hydrogens is 234 g/mol. The minimum atomic E-state index is -0.860. The van der Waals surface area contributed by atoms with Crippen LogP contribution >= 0.6 is 0 Å². The summed E-state index contributed by atoms with van der Waals surface area (Å²) in [5, 5.41) is 0. The molecule has 0 aromatic heterocycles. The summed E-state index contributed by atoms with van der Waals surface area (Å²) in [7, 11) is 0. The molecule has 0 saturated heterocycles. The van der Waals surface area contributed by atoms with E-state index in [1.165, 1.54) is 0 Å². The summed E-state index contributed by atoms with van der Waals surface area (Å²) in [6, 6.07) is 7.62. The van der Waals surface area contributed by atoms with Crippen LogP contribution in [-0.2, 0) is 11.4 Å². The Morgan fingerprint density at radius 1 is 1.29 bits per heavy atom. The third-order valence-electron chi connectivity index (χ3n) is 2.12. The van der Waals surface area contributed by atoms with E-state index in [2.05, 4.69) is 25.5 Å². The van der Waals surface area contributed by atoms with Crippen molar-refractivity contribution in [2.45, 2.75) is 32.1 Å². The predicted molar refractivity (Wildman–Crippen MR) is 73.3 cm³/mol. The Balaban J connectivity index is 2.49. The number of ether oxygens (including phenoxy) is 1. The van der Waals surface area contributed by atoms with E-state index in [0.717, 1.165) is 30.2 Å². The zero-order chi connectivity index (χ0) is 12.7. The van der Waals surface area contributed by atoms with E-state index < -0.39 is 11.4 Å². The highest BCUT2D eigenvalue weighted by Crippen LogP contribution is 2.16. The fourth-order valence-electron chi connectivity index (χ4n) is 1.21. The van der Waals surface area contributed by atoms with E-state index in [0.29, 0.717) is 5.92 Å². The first-order chi connectivity index (χ1) is 8.13. The Bertz CT molecular complexity index is 314. The van der Waals surface area contributed by atoms with Gasteiger partial charge in [0.25, 0.3) is 11.4 Å². The molecule has 2 N–H and O–H groups in total. The second-order valence-electron chi connectivity index (χ2n) is 4.36. The highest BCUT2D eigenvalue weighted by Gasteiger charge is 2.18. The van der Waals surface area contributed by atoms with Gasteiger partial charge in [0.15, 0.2) is 0 Å². The Hall–Kier alpha value is -0.710. The maximum atomic E-state index is 9.84. The average Bonchev–Trinajstić information content (AvgIpc) is 2.34. The van der Waals surface area contributed by atoms with Gasteiger partial charge in [0, 0.05) is 18.7 Å². The largest absolute Gasteiger partial charge is 0.493 e. The van der Waals surface area contributed by atoms with Gasteiger partial charge in [-0.2, -0.15) is 4.55 Å². The molecule has 1 rings (SSSR count). The molecule has 96 valence electrons. The second-order valence-corrected chi connectivity index (χ2v) is 5.68. The zero-order valence-electron chi connectivity index (χ0n) is 10.8. The summed E-state index contributed by atoms with van der Waals surface area (Å²) in [6.07, 6.45) is 1.01. The van der Waals surface area contributed by atoms with Crippen molar-refractivity contribution in [1.82, 2.24) is 4.72 Å². The maximum absolute atomic E-state index is 9.84. The van der Waals surface area contributed by atoms with Crippen LogP contribution in [-0.4, -0.2) is 17.7 Å². The van der Waals surface area contributed by atoms with E-state index in [1.54, 1.807) is 0 Å². The van der Waals surface area contributed by atoms with Crippen molar-refractivity contribution in [2.75, 3.05) is 13.2 Å². The number of benzene rings is 1. The van der Waals surface area contributed by atoms with E-state index in [1.807, 2.05) is 24.3 Å². The summed E-state index contributed by atoms with van der Waals surface area (Å²) < 4.78 is 18.5. The molecule has 0 spiro atoms. The average molecular weight is 256 g/mol. The van der Waals surface area contributed by atoms with E-state index in [4.69, 9.17) is 4.74 Å². The molecule has 1 aromatic rings. The highest BCUT2D eigenvalue weighted by atomic mass is 32.2. The van der Waals surface area contributed by atoms with Crippen molar-refractivity contribution in [3.63, 3.8) is 0 Å². The molecular formula is C13H22NO2S+. The van der Waals surface area contributed by atoms with Crippen LogP contribution in [0.5, 0.6) is 5.75 Å². The molecule has 0 saturated carbocycles. The van der Waals surface area contributed by atoms with Crippen molar-refractivity contribution in [2.24, 2.45) is 5.92 Å². The molecule has 17 heavy (non-hydrogen) atoms. The van der Waals surface area contributed by atoms with E-state index in [-0.39, 0.29) is 0 Å². The van der Waals surface area contributed by atoms with Crippen LogP contribution < -0.4 is 9.46 Å². The lowest BCUT2D eigenvalue weighted by Crippen LogP contribution is -2.23. The Morgan fingerprint density at radius 3 is 2.47 bits per heavy atom. The number of hydrogen-bond acceptors (Lipinski definition) is 3. The molecule has 0 heterocycles. The van der Waals surface area contributed by atoms with Crippen molar-refractivity contribution in [3.8, 4) is 5.75 Å². The summed E-state index contributed by atoms with van der Waals surface area (Å²) in [5.41, 5.74) is 0. The van der Waals surface area contributed by atoms with Gasteiger partial charge >= 0.3 is 0 Å². The van der Waals surface area contributed by atoms with Gasteiger partial charge in [-0.25, -0.2) is 0 Å². The molecule has 0 fully saturated rings. The lowest BCUT2D eigenvalue weighted by Gasteiger charge is -2.08. The molecule has 0 aliphatic rings. The first-order valence-electron chi connectivity index (χ1n) is 6.03. The van der Waals surface area contributed by atoms with Gasteiger partial charge in [-0.15, -0.1) is 4.72 Å². The molecule has 3 nitrogen and oxygen atoms in total. The monoisotopic (exact) mass is 256 g/mol. The third-order valence-corrected chi connectivity index (χ3v) is 3.32. The molecule has 0 aliphatic carbocycles. The van der Waals surface area contributed by atoms with E-state index in [9.17, 15) is 4.55 Å². The fourth-order valence-corrected chi connectivity index (χ4v) is 2.17. The highest BCUT2D eigenvalue weighted by molar-refractivity contribution is 7.89. The lowest BCUT2D eigenvalue weighted by molar-refractivity contribution is 0.271. The van der Waals surface area contributed by atoms with Crippen LogP contribution in [0.2, 0.25) is 0 Å². The summed E-state index contributed by atoms with van der Waals surface area (Å²) in [4.78, 5) is 0.898. The number of rotatable bonds is 7. The van der Waals surface area contributed by atoms with Crippen LogP contribution in [0.4, 0.5) is 0 Å². The molecule has 0 aliphatic heterocycles. The first-order valence-corrected chi connectivity index (χ1v) is 7.21. The van der Waals surface area contributed by atoms with Crippen LogP contribution in [0.15, 0.2) is 29.2 Å². The Kier molecular flexibility index (Phi) is 6.40. The quantitative estimate of drug-likeness (QED) is 0.737. The topological polar surface area (TPSA) is 41.5 Å². The minimum absolute atomic E-state index is 0.522. The van der Waals surface area contributed by atoms with Gasteiger partial charge in [-0.3, -0.25) is 0 Å². The predicted octanol–water partition coefficient (Wildman–Crippen LogP) is 3.09. The Labute approximate surface area is 107 Å². The van der Waals surface area contributed by atoms with Crippen LogP contribution in [0.1, 0.15) is 27.2 Å². The van der Waals surface area contributed by atoms with Crippen molar-refractivity contribution < 1.29 is 9.29 Å². The standard InChI is InChI=1S/C13H22NO2S/c1-4-9-14-17(15)13-7-5-12(6-8-13)16-10-11(2)3/h5-8,11,14-15H,4,9-10H2,1-3H3/q+1. The molecule has 1 unspecified atom stereocenters. The molecule has 4 heteroatoms. The second kappa shape index (κ2) is 7.58. The molecule has 1 atom stereocenters. The normalized spacial score (nSPS) is 12.8. The molecule has 0 bridgehead atoms. The van der Waals surface area contributed by atoms with Gasteiger partial charge in [0.05, 0.1) is 6.61 Å². The Morgan fingerprint density at radius 2 is 1.94 bits per heavy atom. The van der Waals surface area contributed by atoms with Gasteiger partial charge in [-0.1, -0.05) is 20.8 Å². The van der Waals surface area contributed by atoms with Crippen molar-refractivity contribution in [1.29, 1.82) is 0 Å². The van der Waals surface area contributed by atoms with Crippen molar-refractivity contribution in [3.05, 3.63) is 24.3 Å². The van der Waals surface area contributed by atoms with Crippen LogP contribution in [0, 0.1) is 5.92 Å². The zero-order valence-corrected chi connectivity index (χ0v) is 11.6. The smallest absolute Gasteiger partial charge is 0.275 e. The molecule has 0 amide bonds. The SMILES string of the molecule is CCCN[S+](O)c1ccc(OCC(C)C)cc1. The lowest BCUT2D eigenvalue weighted by atomic mass is 10.2. The van der Waals surface area contributed by atoms with Crippen LogP contribution in [0.25, 0.3) is 0 Å². The van der Waals surface area contributed by atoms with Crippen LogP contribution in [0.3, 0.4) is 0 Å². The fraction of sp³-hybridized carbons (Fsp3) is 0.538. The van der Waals surface area contributed by atoms with Gasteiger partial charge in [0.1, 0.15) is 5.75 Å². The number of nitrogens with one attached hydrogen (secondary N) is 1. The van der Waals surface area contributed by atoms with Gasteiger partial charge < -0.3 is 4.74 Å². The first kappa shape index (κ1) is 14.4. The van der Waals surface area contributed by atoms with Gasteiger partial charge in [-0.05, 0) is 24.5 Å². The van der Waals surface area contributed by atoms with Gasteiger partial charge in [0.2, 0.25) is 4.90 Å². The number of hydrogen-bond donors (Lipinski definition) is 2. The molecule has 0 radical (unpaired) electrons. The van der Waals surface area contributed by atoms with E-state index >= 15 is 0 Å². The maximum Gasteiger partial charge on any atom is 0.275 e. The summed E-state index contributed by atoms with van der Waals surface area (Å²) >= 11 is -0.860.